The predicted octanol–water partition coefficient (Wildman–Crippen LogP) is 20.7. The van der Waals surface area contributed by atoms with Crippen LogP contribution in [-0.4, -0.2) is 37.2 Å². The normalized spacial score (nSPS) is 12.9. The summed E-state index contributed by atoms with van der Waals surface area (Å²) in [4.78, 5) is 38.2. The van der Waals surface area contributed by atoms with Crippen molar-refractivity contribution in [3.63, 3.8) is 0 Å². The number of hydrogen-bond acceptors (Lipinski definition) is 6. The fourth-order valence-electron chi connectivity index (χ4n) is 8.24. The monoisotopic (exact) mass is 1010 g/mol. The van der Waals surface area contributed by atoms with Gasteiger partial charge in [-0.2, -0.15) is 0 Å². The molecule has 0 aromatic carbocycles. The van der Waals surface area contributed by atoms with Gasteiger partial charge >= 0.3 is 17.9 Å². The van der Waals surface area contributed by atoms with Gasteiger partial charge in [-0.15, -0.1) is 0 Å². The van der Waals surface area contributed by atoms with Crippen LogP contribution in [0.5, 0.6) is 0 Å². The van der Waals surface area contributed by atoms with E-state index in [4.69, 9.17) is 14.2 Å². The van der Waals surface area contributed by atoms with E-state index in [0.717, 1.165) is 128 Å². The molecule has 0 rings (SSSR count). The largest absolute Gasteiger partial charge is 0.462 e. The first kappa shape index (κ1) is 69.1. The molecule has 0 saturated carbocycles. The lowest BCUT2D eigenvalue weighted by Gasteiger charge is -2.18. The minimum Gasteiger partial charge on any atom is -0.462 e. The molecule has 0 aliphatic carbocycles. The first-order chi connectivity index (χ1) is 36.0. The summed E-state index contributed by atoms with van der Waals surface area (Å²) in [5.41, 5.74) is 0. The Bertz CT molecular complexity index is 1490. The molecule has 0 aromatic heterocycles. The summed E-state index contributed by atoms with van der Waals surface area (Å²) in [6, 6.07) is 0. The Labute approximate surface area is 450 Å². The summed E-state index contributed by atoms with van der Waals surface area (Å²) >= 11 is 0. The lowest BCUT2D eigenvalue weighted by molar-refractivity contribution is -0.167. The molecule has 0 bridgehead atoms. The summed E-state index contributed by atoms with van der Waals surface area (Å²) in [5, 5.41) is 0. The Hall–Kier alpha value is -3.93. The lowest BCUT2D eigenvalue weighted by atomic mass is 10.0. The molecule has 1 atom stereocenters. The van der Waals surface area contributed by atoms with Crippen LogP contribution in [0.2, 0.25) is 0 Å². The van der Waals surface area contributed by atoms with Gasteiger partial charge in [0.05, 0.1) is 0 Å². The number of carbonyl (C=O) groups is 3. The van der Waals surface area contributed by atoms with Gasteiger partial charge < -0.3 is 14.2 Å². The Morgan fingerprint density at radius 3 is 0.849 bits per heavy atom. The van der Waals surface area contributed by atoms with Crippen LogP contribution in [0.1, 0.15) is 278 Å². The quantitative estimate of drug-likeness (QED) is 0.0261. The maximum atomic E-state index is 12.9. The number of allylic oxidation sites excluding steroid dienone is 18. The van der Waals surface area contributed by atoms with Gasteiger partial charge in [-0.05, 0) is 122 Å². The minimum absolute atomic E-state index is 0.0921. The van der Waals surface area contributed by atoms with Crippen LogP contribution in [0.3, 0.4) is 0 Å². The number of hydrogen-bond donors (Lipinski definition) is 0. The minimum atomic E-state index is -0.797. The number of ether oxygens (including phenoxy) is 3. The molecule has 6 heteroatoms. The average Bonchev–Trinajstić information content (AvgIpc) is 3.39. The molecule has 6 nitrogen and oxygen atoms in total. The summed E-state index contributed by atoms with van der Waals surface area (Å²) < 4.78 is 16.9. The molecule has 0 aliphatic rings. The van der Waals surface area contributed by atoms with Crippen molar-refractivity contribution < 1.29 is 28.6 Å². The molecule has 0 spiro atoms. The van der Waals surface area contributed by atoms with Gasteiger partial charge in [-0.25, -0.2) is 0 Å². The maximum absolute atomic E-state index is 12.9. The van der Waals surface area contributed by atoms with Crippen LogP contribution in [0.15, 0.2) is 109 Å². The number of unbranched alkanes of at least 4 members (excludes halogenated alkanes) is 25. The van der Waals surface area contributed by atoms with E-state index >= 15 is 0 Å². The summed E-state index contributed by atoms with van der Waals surface area (Å²) in [6.07, 6.45) is 82.3. The van der Waals surface area contributed by atoms with E-state index in [0.29, 0.717) is 19.3 Å². The Balaban J connectivity index is 4.35. The van der Waals surface area contributed by atoms with Crippen molar-refractivity contribution in [2.24, 2.45) is 0 Å². The zero-order valence-corrected chi connectivity index (χ0v) is 47.6. The number of carbonyl (C=O) groups excluding carboxylic acids is 3. The van der Waals surface area contributed by atoms with Crippen LogP contribution in [0.4, 0.5) is 0 Å². The van der Waals surface area contributed by atoms with Crippen molar-refractivity contribution in [3.05, 3.63) is 109 Å². The van der Waals surface area contributed by atoms with Gasteiger partial charge in [0, 0.05) is 19.3 Å². The summed E-state index contributed by atoms with van der Waals surface area (Å²) in [7, 11) is 0. The van der Waals surface area contributed by atoms with E-state index in [1.807, 2.05) is 0 Å². The molecule has 0 heterocycles. The van der Waals surface area contributed by atoms with Crippen molar-refractivity contribution in [3.8, 4) is 0 Å². The molecule has 73 heavy (non-hydrogen) atoms. The third-order valence-corrected chi connectivity index (χ3v) is 12.7. The van der Waals surface area contributed by atoms with Gasteiger partial charge in [0.1, 0.15) is 13.2 Å². The van der Waals surface area contributed by atoms with Crippen LogP contribution in [0.25, 0.3) is 0 Å². The highest BCUT2D eigenvalue weighted by Crippen LogP contribution is 2.15. The van der Waals surface area contributed by atoms with Crippen molar-refractivity contribution in [2.75, 3.05) is 13.2 Å². The fourth-order valence-corrected chi connectivity index (χ4v) is 8.24. The molecule has 0 N–H and O–H groups in total. The standard InChI is InChI=1S/C67H112O6/c1-4-7-10-13-16-19-22-25-27-29-30-31-32-33-34-35-36-38-39-42-45-48-51-54-57-60-66(69)72-63-64(62-71-65(68)59-56-53-50-47-44-41-24-21-18-15-12-9-6-3)73-67(70)61-58-55-52-49-46-43-40-37-28-26-23-20-17-14-11-8-5-2/h7-8,10-11,16-17,19-21,24-28,30-31,40,43,64H,4-6,9,12-15,18,22-23,29,32-39,41-42,44-63H2,1-3H3/b10-7-,11-8-,19-16-,20-17-,24-21-,27-25-,28-26-,31-30-,43-40-. The smallest absolute Gasteiger partial charge is 0.306 e. The van der Waals surface area contributed by atoms with Gasteiger partial charge in [-0.3, -0.25) is 14.4 Å². The van der Waals surface area contributed by atoms with Crippen molar-refractivity contribution >= 4 is 17.9 Å². The van der Waals surface area contributed by atoms with Crippen molar-refractivity contribution in [2.45, 2.75) is 284 Å². The molecule has 0 aliphatic heterocycles. The maximum Gasteiger partial charge on any atom is 0.306 e. The molecule has 0 fully saturated rings. The fraction of sp³-hybridized carbons (Fsp3) is 0.687. The molecule has 416 valence electrons. The molecular formula is C67H112O6. The summed E-state index contributed by atoms with van der Waals surface area (Å²) in [5.74, 6) is -0.923. The second kappa shape index (κ2) is 60.6. The molecular weight excluding hydrogens is 901 g/mol. The highest BCUT2D eigenvalue weighted by molar-refractivity contribution is 5.71. The van der Waals surface area contributed by atoms with Crippen LogP contribution in [-0.2, 0) is 28.6 Å². The highest BCUT2D eigenvalue weighted by atomic mass is 16.6. The van der Waals surface area contributed by atoms with Crippen LogP contribution < -0.4 is 0 Å². The molecule has 0 amide bonds. The molecule has 0 aromatic rings. The predicted molar refractivity (Wildman–Crippen MR) is 316 cm³/mol. The van der Waals surface area contributed by atoms with E-state index < -0.39 is 6.10 Å². The first-order valence-corrected chi connectivity index (χ1v) is 30.4. The second-order valence-corrected chi connectivity index (χ2v) is 19.8. The number of rotatable bonds is 54. The third-order valence-electron chi connectivity index (χ3n) is 12.7. The van der Waals surface area contributed by atoms with Gasteiger partial charge in [-0.1, -0.05) is 246 Å². The Morgan fingerprint density at radius 2 is 0.534 bits per heavy atom. The second-order valence-electron chi connectivity index (χ2n) is 19.8. The molecule has 1 unspecified atom stereocenters. The Morgan fingerprint density at radius 1 is 0.288 bits per heavy atom. The van der Waals surface area contributed by atoms with Crippen molar-refractivity contribution in [1.29, 1.82) is 0 Å². The Kier molecular flexibility index (Phi) is 57.4. The number of esters is 3. The average molecular weight is 1010 g/mol. The lowest BCUT2D eigenvalue weighted by Crippen LogP contribution is -2.30. The zero-order chi connectivity index (χ0) is 52.9. The van der Waals surface area contributed by atoms with E-state index in [1.165, 1.54) is 109 Å². The van der Waals surface area contributed by atoms with Crippen LogP contribution >= 0.6 is 0 Å². The topological polar surface area (TPSA) is 78.9 Å². The summed E-state index contributed by atoms with van der Waals surface area (Å²) in [6.45, 7) is 6.38. The van der Waals surface area contributed by atoms with Gasteiger partial charge in [0.15, 0.2) is 6.10 Å². The van der Waals surface area contributed by atoms with Gasteiger partial charge in [0.25, 0.3) is 0 Å². The van der Waals surface area contributed by atoms with E-state index in [1.54, 1.807) is 0 Å². The van der Waals surface area contributed by atoms with Gasteiger partial charge in [0.2, 0.25) is 0 Å². The zero-order valence-electron chi connectivity index (χ0n) is 47.6. The molecule has 0 radical (unpaired) electrons. The van der Waals surface area contributed by atoms with Crippen molar-refractivity contribution in [1.82, 2.24) is 0 Å². The van der Waals surface area contributed by atoms with E-state index in [9.17, 15) is 14.4 Å². The third kappa shape index (κ3) is 58.8. The highest BCUT2D eigenvalue weighted by Gasteiger charge is 2.19. The first-order valence-electron chi connectivity index (χ1n) is 30.4. The van der Waals surface area contributed by atoms with E-state index in [-0.39, 0.29) is 31.1 Å². The molecule has 0 saturated heterocycles. The van der Waals surface area contributed by atoms with Crippen LogP contribution in [0, 0.1) is 0 Å². The SMILES string of the molecule is CC/C=C\C/C=C\C/C=C\C/C=C\CCCCCCCCCCCCCCC(=O)OCC(COC(=O)CCCCCCC/C=C\CCCCCC)OC(=O)CCCCCC/C=C\C/C=C\C/C=C\C/C=C\CC. The van der Waals surface area contributed by atoms with E-state index in [2.05, 4.69) is 130 Å².